The standard InChI is InChI=1S/C11H4F3NS/c12-8-9-7(10(13)15-11(8)14)5-3-1-2-4-6(5)16-9/h1-4H. The number of rotatable bonds is 0. The van der Waals surface area contributed by atoms with Crippen molar-refractivity contribution in [1.29, 1.82) is 0 Å². The van der Waals surface area contributed by atoms with Crippen LogP contribution in [0.25, 0.3) is 20.2 Å². The molecule has 3 rings (SSSR count). The lowest BCUT2D eigenvalue weighted by molar-refractivity contribution is 0.460. The van der Waals surface area contributed by atoms with Crippen LogP contribution >= 0.6 is 11.3 Å². The van der Waals surface area contributed by atoms with Crippen molar-refractivity contribution < 1.29 is 13.2 Å². The smallest absolute Gasteiger partial charge is 0.200 e. The van der Waals surface area contributed by atoms with Crippen LogP contribution in [-0.4, -0.2) is 4.98 Å². The van der Waals surface area contributed by atoms with Gasteiger partial charge < -0.3 is 0 Å². The summed E-state index contributed by atoms with van der Waals surface area (Å²) in [7, 11) is 0. The molecule has 16 heavy (non-hydrogen) atoms. The van der Waals surface area contributed by atoms with E-state index in [0.717, 1.165) is 11.3 Å². The van der Waals surface area contributed by atoms with Gasteiger partial charge in [0.1, 0.15) is 0 Å². The van der Waals surface area contributed by atoms with Crippen molar-refractivity contribution in [1.82, 2.24) is 4.98 Å². The molecule has 0 radical (unpaired) electrons. The zero-order valence-corrected chi connectivity index (χ0v) is 8.62. The molecule has 0 aliphatic rings. The largest absolute Gasteiger partial charge is 0.253 e. The van der Waals surface area contributed by atoms with Crippen LogP contribution in [0.2, 0.25) is 0 Å². The Bertz CT molecular complexity index is 705. The maximum atomic E-state index is 13.5. The van der Waals surface area contributed by atoms with Crippen LogP contribution in [0.4, 0.5) is 13.2 Å². The minimum Gasteiger partial charge on any atom is -0.200 e. The Balaban J connectivity index is 2.64. The fraction of sp³-hybridized carbons (Fsp3) is 0. The van der Waals surface area contributed by atoms with Crippen molar-refractivity contribution in [3.05, 3.63) is 42.0 Å². The van der Waals surface area contributed by atoms with E-state index in [0.29, 0.717) is 10.1 Å². The number of halogens is 3. The second-order valence-corrected chi connectivity index (χ2v) is 4.36. The molecule has 5 heteroatoms. The molecule has 80 valence electrons. The summed E-state index contributed by atoms with van der Waals surface area (Å²) in [6.07, 6.45) is 0. The number of benzene rings is 1. The Hall–Kier alpha value is -1.62. The molecule has 0 saturated heterocycles. The maximum Gasteiger partial charge on any atom is 0.253 e. The normalized spacial score (nSPS) is 11.4. The molecular formula is C11H4F3NS. The summed E-state index contributed by atoms with van der Waals surface area (Å²) >= 11 is 1.02. The van der Waals surface area contributed by atoms with E-state index in [2.05, 4.69) is 4.98 Å². The van der Waals surface area contributed by atoms with Gasteiger partial charge in [0, 0.05) is 10.1 Å². The van der Waals surface area contributed by atoms with Crippen molar-refractivity contribution >= 4 is 31.5 Å². The van der Waals surface area contributed by atoms with Crippen molar-refractivity contribution in [2.75, 3.05) is 0 Å². The van der Waals surface area contributed by atoms with Crippen molar-refractivity contribution in [3.8, 4) is 0 Å². The lowest BCUT2D eigenvalue weighted by Gasteiger charge is -1.95. The second-order valence-electron chi connectivity index (χ2n) is 3.31. The zero-order chi connectivity index (χ0) is 11.3. The maximum absolute atomic E-state index is 13.5. The minimum absolute atomic E-state index is 0.0220. The third-order valence-electron chi connectivity index (χ3n) is 2.38. The highest BCUT2D eigenvalue weighted by Crippen LogP contribution is 2.36. The molecule has 1 nitrogen and oxygen atoms in total. The molecule has 3 aromatic rings. The second kappa shape index (κ2) is 3.18. The van der Waals surface area contributed by atoms with E-state index < -0.39 is 17.7 Å². The van der Waals surface area contributed by atoms with Crippen molar-refractivity contribution in [3.63, 3.8) is 0 Å². The van der Waals surface area contributed by atoms with E-state index >= 15 is 0 Å². The van der Waals surface area contributed by atoms with Gasteiger partial charge in [-0.2, -0.15) is 13.8 Å². The van der Waals surface area contributed by atoms with Gasteiger partial charge in [-0.15, -0.1) is 11.3 Å². The summed E-state index contributed by atoms with van der Waals surface area (Å²) in [5, 5.41) is 0.617. The van der Waals surface area contributed by atoms with E-state index in [-0.39, 0.29) is 10.1 Å². The molecule has 0 spiro atoms. The molecule has 0 saturated carbocycles. The van der Waals surface area contributed by atoms with Gasteiger partial charge in [-0.3, -0.25) is 0 Å². The average molecular weight is 239 g/mol. The predicted molar refractivity (Wildman–Crippen MR) is 57.0 cm³/mol. The quantitative estimate of drug-likeness (QED) is 0.543. The SMILES string of the molecule is Fc1nc(F)c2c(sc3ccccc32)c1F. The van der Waals surface area contributed by atoms with Gasteiger partial charge >= 0.3 is 0 Å². The number of pyridine rings is 1. The third-order valence-corrected chi connectivity index (χ3v) is 3.54. The number of aromatic nitrogens is 1. The number of nitrogens with zero attached hydrogens (tertiary/aromatic N) is 1. The average Bonchev–Trinajstić information content (AvgIpc) is 2.65. The van der Waals surface area contributed by atoms with Crippen LogP contribution < -0.4 is 0 Å². The highest BCUT2D eigenvalue weighted by Gasteiger charge is 2.18. The number of thiophene rings is 1. The van der Waals surface area contributed by atoms with E-state index in [1.54, 1.807) is 24.3 Å². The van der Waals surface area contributed by atoms with Crippen LogP contribution in [0.3, 0.4) is 0 Å². The molecule has 0 amide bonds. The summed E-state index contributed by atoms with van der Waals surface area (Å²) in [6, 6.07) is 6.87. The lowest BCUT2D eigenvalue weighted by atomic mass is 10.2. The molecule has 2 heterocycles. The molecule has 0 N–H and O–H groups in total. The van der Waals surface area contributed by atoms with Gasteiger partial charge in [0.25, 0.3) is 5.95 Å². The Morgan fingerprint density at radius 2 is 1.75 bits per heavy atom. The van der Waals surface area contributed by atoms with Gasteiger partial charge in [0.2, 0.25) is 5.95 Å². The molecule has 0 fully saturated rings. The van der Waals surface area contributed by atoms with Gasteiger partial charge in [-0.1, -0.05) is 18.2 Å². The first-order chi connectivity index (χ1) is 7.68. The molecule has 0 aliphatic heterocycles. The fourth-order valence-electron chi connectivity index (χ4n) is 1.69. The van der Waals surface area contributed by atoms with Gasteiger partial charge in [-0.25, -0.2) is 4.39 Å². The van der Waals surface area contributed by atoms with Crippen molar-refractivity contribution in [2.24, 2.45) is 0 Å². The molecule has 0 bridgehead atoms. The number of fused-ring (bicyclic) bond motifs is 3. The molecule has 2 aromatic heterocycles. The lowest BCUT2D eigenvalue weighted by Crippen LogP contribution is -1.93. The van der Waals surface area contributed by atoms with Crippen LogP contribution in [-0.2, 0) is 0 Å². The Labute approximate surface area is 92.2 Å². The van der Waals surface area contributed by atoms with Crippen molar-refractivity contribution in [2.45, 2.75) is 0 Å². The molecule has 0 aliphatic carbocycles. The molecule has 0 unspecified atom stereocenters. The van der Waals surface area contributed by atoms with Crippen LogP contribution in [0, 0.1) is 17.7 Å². The minimum atomic E-state index is -1.39. The zero-order valence-electron chi connectivity index (χ0n) is 7.80. The first kappa shape index (κ1) is 9.59. The van der Waals surface area contributed by atoms with E-state index in [1.807, 2.05) is 0 Å². The Morgan fingerprint density at radius 1 is 1.00 bits per heavy atom. The summed E-state index contributed by atoms with van der Waals surface area (Å²) < 4.78 is 40.5. The summed E-state index contributed by atoms with van der Waals surface area (Å²) in [6.45, 7) is 0. The highest BCUT2D eigenvalue weighted by atomic mass is 32.1. The Morgan fingerprint density at radius 3 is 2.56 bits per heavy atom. The predicted octanol–water partition coefficient (Wildman–Crippen LogP) is 3.87. The summed E-state index contributed by atoms with van der Waals surface area (Å²) in [4.78, 5) is 2.92. The highest BCUT2D eigenvalue weighted by molar-refractivity contribution is 7.25. The monoisotopic (exact) mass is 239 g/mol. The first-order valence-corrected chi connectivity index (χ1v) is 5.32. The van der Waals surface area contributed by atoms with Crippen LogP contribution in [0.5, 0.6) is 0 Å². The van der Waals surface area contributed by atoms with E-state index in [4.69, 9.17) is 0 Å². The third kappa shape index (κ3) is 1.15. The Kier molecular flexibility index (Phi) is 1.91. The summed E-state index contributed by atoms with van der Waals surface area (Å²) in [5.74, 6) is -3.44. The summed E-state index contributed by atoms with van der Waals surface area (Å²) in [5.41, 5.74) is 0. The molecule has 1 aromatic carbocycles. The van der Waals surface area contributed by atoms with Gasteiger partial charge in [0.15, 0.2) is 5.82 Å². The topological polar surface area (TPSA) is 12.9 Å². The van der Waals surface area contributed by atoms with E-state index in [1.165, 1.54) is 0 Å². The van der Waals surface area contributed by atoms with Gasteiger partial charge in [-0.05, 0) is 6.07 Å². The van der Waals surface area contributed by atoms with Crippen LogP contribution in [0.1, 0.15) is 0 Å². The van der Waals surface area contributed by atoms with E-state index in [9.17, 15) is 13.2 Å². The molecule has 0 atom stereocenters. The van der Waals surface area contributed by atoms with Gasteiger partial charge in [0.05, 0.1) is 10.1 Å². The number of hydrogen-bond donors (Lipinski definition) is 0. The fourth-order valence-corrected chi connectivity index (χ4v) is 2.81. The first-order valence-electron chi connectivity index (χ1n) is 4.50. The number of hydrogen-bond acceptors (Lipinski definition) is 2. The molecular weight excluding hydrogens is 235 g/mol. The van der Waals surface area contributed by atoms with Crippen LogP contribution in [0.15, 0.2) is 24.3 Å².